The van der Waals surface area contributed by atoms with Crippen LogP contribution in [0.25, 0.3) is 0 Å². The summed E-state index contributed by atoms with van der Waals surface area (Å²) in [5.41, 5.74) is 9.62. The van der Waals surface area contributed by atoms with Crippen molar-refractivity contribution in [3.63, 3.8) is 0 Å². The standard InChI is InChI=1S/C15H23N/c1-4-12-6-5-7-13(10-12)15(16)9-8-14(2,3)11-15/h5-7,10H,4,8-9,11,16H2,1-3H3. The maximum atomic E-state index is 6.58. The van der Waals surface area contributed by atoms with Gasteiger partial charge in [0, 0.05) is 5.54 Å². The highest BCUT2D eigenvalue weighted by Gasteiger charge is 2.41. The van der Waals surface area contributed by atoms with Crippen LogP contribution in [-0.2, 0) is 12.0 Å². The smallest absolute Gasteiger partial charge is 0.0415 e. The van der Waals surface area contributed by atoms with Crippen LogP contribution in [-0.4, -0.2) is 0 Å². The Labute approximate surface area is 99.0 Å². The minimum atomic E-state index is -0.0886. The van der Waals surface area contributed by atoms with Crippen LogP contribution in [0.1, 0.15) is 51.2 Å². The fourth-order valence-corrected chi connectivity index (χ4v) is 2.94. The topological polar surface area (TPSA) is 26.0 Å². The lowest BCUT2D eigenvalue weighted by atomic mass is 9.83. The van der Waals surface area contributed by atoms with E-state index in [2.05, 4.69) is 45.0 Å². The van der Waals surface area contributed by atoms with Gasteiger partial charge in [0.05, 0.1) is 0 Å². The first kappa shape index (κ1) is 11.7. The Balaban J connectivity index is 2.30. The van der Waals surface area contributed by atoms with Crippen molar-refractivity contribution in [3.8, 4) is 0 Å². The summed E-state index contributed by atoms with van der Waals surface area (Å²) in [6, 6.07) is 8.82. The van der Waals surface area contributed by atoms with Gasteiger partial charge in [-0.2, -0.15) is 0 Å². The molecule has 1 aliphatic carbocycles. The molecule has 0 saturated heterocycles. The minimum absolute atomic E-state index is 0.0886. The van der Waals surface area contributed by atoms with Gasteiger partial charge in [0.2, 0.25) is 0 Å². The zero-order chi connectivity index (χ0) is 11.8. The van der Waals surface area contributed by atoms with E-state index in [1.807, 2.05) is 0 Å². The molecule has 1 saturated carbocycles. The summed E-state index contributed by atoms with van der Waals surface area (Å²) < 4.78 is 0. The van der Waals surface area contributed by atoms with Crippen LogP contribution in [0.3, 0.4) is 0 Å². The Morgan fingerprint density at radius 3 is 2.56 bits per heavy atom. The monoisotopic (exact) mass is 217 g/mol. The van der Waals surface area contributed by atoms with Gasteiger partial charge < -0.3 is 5.73 Å². The average Bonchev–Trinajstić information content (AvgIpc) is 2.55. The molecule has 1 aliphatic rings. The van der Waals surface area contributed by atoms with Gasteiger partial charge in [0.1, 0.15) is 0 Å². The molecule has 0 aliphatic heterocycles. The van der Waals surface area contributed by atoms with E-state index in [0.29, 0.717) is 5.41 Å². The molecule has 1 heteroatoms. The maximum Gasteiger partial charge on any atom is 0.0415 e. The first-order valence-corrected chi connectivity index (χ1v) is 6.33. The summed E-state index contributed by atoms with van der Waals surface area (Å²) in [5, 5.41) is 0. The van der Waals surface area contributed by atoms with Crippen molar-refractivity contribution in [2.45, 2.75) is 52.0 Å². The third kappa shape index (κ3) is 2.15. The van der Waals surface area contributed by atoms with Crippen LogP contribution in [0.2, 0.25) is 0 Å². The first-order chi connectivity index (χ1) is 7.45. The molecule has 0 heterocycles. The van der Waals surface area contributed by atoms with Gasteiger partial charge in [-0.1, -0.05) is 45.0 Å². The van der Waals surface area contributed by atoms with Crippen molar-refractivity contribution in [1.29, 1.82) is 0 Å². The van der Waals surface area contributed by atoms with Crippen molar-refractivity contribution >= 4 is 0 Å². The second-order valence-corrected chi connectivity index (χ2v) is 6.05. The Bertz CT molecular complexity index is 381. The van der Waals surface area contributed by atoms with Gasteiger partial charge in [0.25, 0.3) is 0 Å². The fraction of sp³-hybridized carbons (Fsp3) is 0.600. The Hall–Kier alpha value is -0.820. The van der Waals surface area contributed by atoms with E-state index in [0.717, 1.165) is 19.3 Å². The lowest BCUT2D eigenvalue weighted by molar-refractivity contribution is 0.339. The van der Waals surface area contributed by atoms with E-state index in [4.69, 9.17) is 5.73 Å². The number of nitrogens with two attached hydrogens (primary N) is 1. The number of hydrogen-bond acceptors (Lipinski definition) is 1. The highest BCUT2D eigenvalue weighted by molar-refractivity contribution is 5.31. The largest absolute Gasteiger partial charge is 0.321 e. The molecule has 1 nitrogen and oxygen atoms in total. The predicted molar refractivity (Wildman–Crippen MR) is 69.3 cm³/mol. The first-order valence-electron chi connectivity index (χ1n) is 6.33. The van der Waals surface area contributed by atoms with Crippen molar-refractivity contribution in [2.24, 2.45) is 11.1 Å². The van der Waals surface area contributed by atoms with Gasteiger partial charge in [-0.05, 0) is 42.2 Å². The number of aryl methyl sites for hydroxylation is 1. The summed E-state index contributed by atoms with van der Waals surface area (Å²) >= 11 is 0. The highest BCUT2D eigenvalue weighted by atomic mass is 14.8. The highest BCUT2D eigenvalue weighted by Crippen LogP contribution is 2.47. The van der Waals surface area contributed by atoms with E-state index in [-0.39, 0.29) is 5.54 Å². The molecule has 1 aromatic carbocycles. The SMILES string of the molecule is CCc1cccc(C2(N)CCC(C)(C)C2)c1. The van der Waals surface area contributed by atoms with Gasteiger partial charge in [-0.25, -0.2) is 0 Å². The molecule has 1 unspecified atom stereocenters. The Morgan fingerprint density at radius 2 is 2.00 bits per heavy atom. The molecule has 1 aromatic rings. The summed E-state index contributed by atoms with van der Waals surface area (Å²) in [6.45, 7) is 6.84. The summed E-state index contributed by atoms with van der Waals surface area (Å²) in [4.78, 5) is 0. The van der Waals surface area contributed by atoms with E-state index in [1.165, 1.54) is 17.5 Å². The normalized spacial score (nSPS) is 28.2. The molecule has 2 N–H and O–H groups in total. The molecule has 1 atom stereocenters. The van der Waals surface area contributed by atoms with Gasteiger partial charge in [-0.3, -0.25) is 0 Å². The lowest BCUT2D eigenvalue weighted by Gasteiger charge is -2.27. The van der Waals surface area contributed by atoms with Crippen LogP contribution >= 0.6 is 0 Å². The third-order valence-corrected chi connectivity index (χ3v) is 3.95. The van der Waals surface area contributed by atoms with Crippen molar-refractivity contribution in [1.82, 2.24) is 0 Å². The summed E-state index contributed by atoms with van der Waals surface area (Å²) in [7, 11) is 0. The lowest BCUT2D eigenvalue weighted by Crippen LogP contribution is -2.34. The number of benzene rings is 1. The number of hydrogen-bond donors (Lipinski definition) is 1. The van der Waals surface area contributed by atoms with E-state index in [9.17, 15) is 0 Å². The van der Waals surface area contributed by atoms with E-state index in [1.54, 1.807) is 0 Å². The predicted octanol–water partition coefficient (Wildman–Crippen LogP) is 3.61. The van der Waals surface area contributed by atoms with Crippen LogP contribution in [0, 0.1) is 5.41 Å². The molecular weight excluding hydrogens is 194 g/mol. The molecular formula is C15H23N. The molecule has 1 fully saturated rings. The Kier molecular flexibility index (Phi) is 2.83. The zero-order valence-corrected chi connectivity index (χ0v) is 10.7. The van der Waals surface area contributed by atoms with E-state index < -0.39 is 0 Å². The van der Waals surface area contributed by atoms with Crippen LogP contribution < -0.4 is 5.73 Å². The third-order valence-electron chi connectivity index (χ3n) is 3.95. The van der Waals surface area contributed by atoms with Crippen LogP contribution in [0.5, 0.6) is 0 Å². The quantitative estimate of drug-likeness (QED) is 0.804. The molecule has 0 aromatic heterocycles. The second kappa shape index (κ2) is 3.89. The summed E-state index contributed by atoms with van der Waals surface area (Å²) in [5.74, 6) is 0. The van der Waals surface area contributed by atoms with Crippen LogP contribution in [0.15, 0.2) is 24.3 Å². The van der Waals surface area contributed by atoms with Crippen molar-refractivity contribution in [2.75, 3.05) is 0 Å². The molecule has 88 valence electrons. The Morgan fingerprint density at radius 1 is 1.25 bits per heavy atom. The van der Waals surface area contributed by atoms with Crippen molar-refractivity contribution < 1.29 is 0 Å². The van der Waals surface area contributed by atoms with Gasteiger partial charge >= 0.3 is 0 Å². The zero-order valence-electron chi connectivity index (χ0n) is 10.7. The number of rotatable bonds is 2. The average molecular weight is 217 g/mol. The molecule has 0 amide bonds. The van der Waals surface area contributed by atoms with E-state index >= 15 is 0 Å². The summed E-state index contributed by atoms with van der Waals surface area (Å²) in [6.07, 6.45) is 4.55. The molecule has 0 bridgehead atoms. The maximum absolute atomic E-state index is 6.58. The molecule has 0 radical (unpaired) electrons. The second-order valence-electron chi connectivity index (χ2n) is 6.05. The van der Waals surface area contributed by atoms with Crippen LogP contribution in [0.4, 0.5) is 0 Å². The molecule has 16 heavy (non-hydrogen) atoms. The van der Waals surface area contributed by atoms with Gasteiger partial charge in [0.15, 0.2) is 0 Å². The molecule has 0 spiro atoms. The fourth-order valence-electron chi connectivity index (χ4n) is 2.94. The molecule has 2 rings (SSSR count). The van der Waals surface area contributed by atoms with Crippen molar-refractivity contribution in [3.05, 3.63) is 35.4 Å². The van der Waals surface area contributed by atoms with Gasteiger partial charge in [-0.15, -0.1) is 0 Å². The minimum Gasteiger partial charge on any atom is -0.321 e.